The van der Waals surface area contributed by atoms with Crippen LogP contribution in [0.3, 0.4) is 0 Å². The lowest BCUT2D eigenvalue weighted by molar-refractivity contribution is -0.0591. The van der Waals surface area contributed by atoms with Crippen molar-refractivity contribution in [3.8, 4) is 0 Å². The van der Waals surface area contributed by atoms with E-state index in [-0.39, 0.29) is 0 Å². The van der Waals surface area contributed by atoms with Crippen LogP contribution in [0.1, 0.15) is 26.2 Å². The predicted molar refractivity (Wildman–Crippen MR) is 35.0 cm³/mol. The molecule has 1 aliphatic heterocycles. The highest BCUT2D eigenvalue weighted by atomic mass is 16.6. The smallest absolute Gasteiger partial charge is 0.154 e. The molecule has 1 saturated heterocycles. The zero-order valence-corrected chi connectivity index (χ0v) is 5.84. The number of aliphatic hydroxyl groups excluding tert-OH is 1. The van der Waals surface area contributed by atoms with E-state index in [2.05, 4.69) is 6.92 Å². The molecule has 1 N–H and O–H groups in total. The molecule has 0 saturated carbocycles. The van der Waals surface area contributed by atoms with E-state index >= 15 is 0 Å². The van der Waals surface area contributed by atoms with Crippen molar-refractivity contribution in [1.82, 2.24) is 0 Å². The van der Waals surface area contributed by atoms with Crippen molar-refractivity contribution in [3.05, 3.63) is 0 Å². The van der Waals surface area contributed by atoms with Gasteiger partial charge in [0.1, 0.15) is 0 Å². The molecule has 1 aliphatic rings. The summed E-state index contributed by atoms with van der Waals surface area (Å²) in [7, 11) is 0. The van der Waals surface area contributed by atoms with Gasteiger partial charge in [-0.2, -0.15) is 0 Å². The van der Waals surface area contributed by atoms with Crippen LogP contribution in [-0.4, -0.2) is 18.0 Å². The van der Waals surface area contributed by atoms with Gasteiger partial charge in [-0.3, -0.25) is 0 Å². The molecule has 9 heavy (non-hydrogen) atoms. The molecule has 54 valence electrons. The molecule has 0 spiro atoms. The zero-order chi connectivity index (χ0) is 6.69. The van der Waals surface area contributed by atoms with Crippen LogP contribution in [-0.2, 0) is 4.74 Å². The summed E-state index contributed by atoms with van der Waals surface area (Å²) in [5.41, 5.74) is 0. The Bertz CT molecular complexity index is 81.0. The maximum Gasteiger partial charge on any atom is 0.154 e. The molecule has 2 nitrogen and oxygen atoms in total. The maximum atomic E-state index is 8.90. The van der Waals surface area contributed by atoms with Crippen LogP contribution in [0.25, 0.3) is 0 Å². The third kappa shape index (κ3) is 1.95. The van der Waals surface area contributed by atoms with E-state index in [0.29, 0.717) is 5.92 Å². The normalized spacial score (nSPS) is 35.3. The van der Waals surface area contributed by atoms with Gasteiger partial charge in [-0.05, 0) is 12.3 Å². The van der Waals surface area contributed by atoms with E-state index in [1.54, 1.807) is 0 Å². The minimum Gasteiger partial charge on any atom is -0.368 e. The molecule has 1 unspecified atom stereocenters. The first-order valence-electron chi connectivity index (χ1n) is 3.62. The average Bonchev–Trinajstić information content (AvgIpc) is 2.17. The van der Waals surface area contributed by atoms with E-state index in [0.717, 1.165) is 13.0 Å². The zero-order valence-electron chi connectivity index (χ0n) is 5.84. The molecule has 2 atom stereocenters. The molecule has 0 aromatic heterocycles. The second-order valence-electron chi connectivity index (χ2n) is 2.68. The first-order valence-corrected chi connectivity index (χ1v) is 3.62. The maximum absolute atomic E-state index is 8.90. The summed E-state index contributed by atoms with van der Waals surface area (Å²) in [6.07, 6.45) is 2.76. The summed E-state index contributed by atoms with van der Waals surface area (Å²) in [6.45, 7) is 2.92. The number of rotatable bonds is 2. The highest BCUT2D eigenvalue weighted by Gasteiger charge is 2.21. The van der Waals surface area contributed by atoms with Crippen molar-refractivity contribution in [3.63, 3.8) is 0 Å². The molecule has 0 radical (unpaired) electrons. The van der Waals surface area contributed by atoms with Gasteiger partial charge in [0, 0.05) is 6.42 Å². The van der Waals surface area contributed by atoms with Crippen molar-refractivity contribution in [2.24, 2.45) is 5.92 Å². The van der Waals surface area contributed by atoms with Crippen molar-refractivity contribution in [2.45, 2.75) is 32.5 Å². The van der Waals surface area contributed by atoms with E-state index in [4.69, 9.17) is 9.84 Å². The summed E-state index contributed by atoms with van der Waals surface area (Å²) < 4.78 is 4.97. The summed E-state index contributed by atoms with van der Waals surface area (Å²) in [4.78, 5) is 0. The predicted octanol–water partition coefficient (Wildman–Crippen LogP) is 1.14. The lowest BCUT2D eigenvalue weighted by atomic mass is 10.0. The topological polar surface area (TPSA) is 29.5 Å². The van der Waals surface area contributed by atoms with Gasteiger partial charge >= 0.3 is 0 Å². The fraction of sp³-hybridized carbons (Fsp3) is 1.00. The van der Waals surface area contributed by atoms with Crippen LogP contribution >= 0.6 is 0 Å². The number of ether oxygens (including phenoxy) is 1. The number of hydrogen-bond donors (Lipinski definition) is 1. The third-order valence-electron chi connectivity index (χ3n) is 1.76. The monoisotopic (exact) mass is 130 g/mol. The molecule has 2 heteroatoms. The standard InChI is InChI=1S/C7H14O2/c1-2-3-6-4-7(8)9-5-6/h6-8H,2-5H2,1H3/t6?,7-/m1/s1. The van der Waals surface area contributed by atoms with Crippen LogP contribution in [0, 0.1) is 5.92 Å². The van der Waals surface area contributed by atoms with E-state index < -0.39 is 6.29 Å². The average molecular weight is 130 g/mol. The van der Waals surface area contributed by atoms with Gasteiger partial charge in [-0.15, -0.1) is 0 Å². The lowest BCUT2D eigenvalue weighted by Crippen LogP contribution is -2.01. The summed E-state index contributed by atoms with van der Waals surface area (Å²) in [6, 6.07) is 0. The lowest BCUT2D eigenvalue weighted by Gasteiger charge is -2.01. The van der Waals surface area contributed by atoms with Gasteiger partial charge in [0.2, 0.25) is 0 Å². The minimum absolute atomic E-state index is 0.471. The van der Waals surface area contributed by atoms with Crippen molar-refractivity contribution in [2.75, 3.05) is 6.61 Å². The molecule has 0 aliphatic carbocycles. The van der Waals surface area contributed by atoms with Gasteiger partial charge in [-0.1, -0.05) is 13.3 Å². The van der Waals surface area contributed by atoms with Crippen molar-refractivity contribution in [1.29, 1.82) is 0 Å². The van der Waals surface area contributed by atoms with Crippen molar-refractivity contribution >= 4 is 0 Å². The van der Waals surface area contributed by atoms with Crippen molar-refractivity contribution < 1.29 is 9.84 Å². The SMILES string of the molecule is CCCC1CO[C@@H](O)C1. The molecule has 0 amide bonds. The minimum atomic E-state index is -0.471. The summed E-state index contributed by atoms with van der Waals surface area (Å²) in [5, 5.41) is 8.90. The first kappa shape index (κ1) is 7.03. The molecular weight excluding hydrogens is 116 g/mol. The number of hydrogen-bond acceptors (Lipinski definition) is 2. The quantitative estimate of drug-likeness (QED) is 0.607. The molecule has 1 rings (SSSR count). The first-order chi connectivity index (χ1) is 4.33. The Morgan fingerprint density at radius 1 is 1.67 bits per heavy atom. The van der Waals surface area contributed by atoms with Crippen LogP contribution in [0.15, 0.2) is 0 Å². The van der Waals surface area contributed by atoms with E-state index in [1.165, 1.54) is 12.8 Å². The molecule has 0 aromatic rings. The van der Waals surface area contributed by atoms with Gasteiger partial charge < -0.3 is 9.84 Å². The van der Waals surface area contributed by atoms with Gasteiger partial charge in [0.05, 0.1) is 6.61 Å². The Hall–Kier alpha value is -0.0800. The largest absolute Gasteiger partial charge is 0.368 e. The second kappa shape index (κ2) is 3.18. The Labute approximate surface area is 55.8 Å². The van der Waals surface area contributed by atoms with Crippen LogP contribution in [0.5, 0.6) is 0 Å². The van der Waals surface area contributed by atoms with Crippen LogP contribution < -0.4 is 0 Å². The Kier molecular flexibility index (Phi) is 2.49. The molecule has 1 fully saturated rings. The fourth-order valence-electron chi connectivity index (χ4n) is 1.28. The number of aliphatic hydroxyl groups is 1. The molecular formula is C7H14O2. The molecule has 0 bridgehead atoms. The van der Waals surface area contributed by atoms with Crippen LogP contribution in [0.2, 0.25) is 0 Å². The van der Waals surface area contributed by atoms with E-state index in [1.807, 2.05) is 0 Å². The van der Waals surface area contributed by atoms with Gasteiger partial charge in [-0.25, -0.2) is 0 Å². The highest BCUT2D eigenvalue weighted by Crippen LogP contribution is 2.21. The summed E-state index contributed by atoms with van der Waals surface area (Å²) >= 11 is 0. The molecule has 1 heterocycles. The van der Waals surface area contributed by atoms with Gasteiger partial charge in [0.15, 0.2) is 6.29 Å². The molecule has 0 aromatic carbocycles. The summed E-state index contributed by atoms with van der Waals surface area (Å²) in [5.74, 6) is 0.616. The second-order valence-corrected chi connectivity index (χ2v) is 2.68. The Balaban J connectivity index is 2.14. The fourth-order valence-corrected chi connectivity index (χ4v) is 1.28. The Morgan fingerprint density at radius 3 is 2.89 bits per heavy atom. The van der Waals surface area contributed by atoms with Gasteiger partial charge in [0.25, 0.3) is 0 Å². The Morgan fingerprint density at radius 2 is 2.44 bits per heavy atom. The highest BCUT2D eigenvalue weighted by molar-refractivity contribution is 4.65. The third-order valence-corrected chi connectivity index (χ3v) is 1.76. The van der Waals surface area contributed by atoms with Crippen LogP contribution in [0.4, 0.5) is 0 Å². The van der Waals surface area contributed by atoms with E-state index in [9.17, 15) is 0 Å².